The third-order valence-electron chi connectivity index (χ3n) is 5.20. The van der Waals surface area contributed by atoms with E-state index in [9.17, 15) is 14.0 Å². The van der Waals surface area contributed by atoms with Crippen molar-refractivity contribution in [1.82, 2.24) is 15.0 Å². The van der Waals surface area contributed by atoms with Crippen LogP contribution in [0.2, 0.25) is 0 Å². The van der Waals surface area contributed by atoms with Gasteiger partial charge in [0.25, 0.3) is 5.91 Å². The van der Waals surface area contributed by atoms with Crippen LogP contribution >= 0.6 is 0 Å². The lowest BCUT2D eigenvalue weighted by Crippen LogP contribution is -2.41. The number of likely N-dealkylation sites (tertiary alicyclic amines) is 1. The number of carbonyl (C=O) groups is 2. The summed E-state index contributed by atoms with van der Waals surface area (Å²) in [5.74, 6) is 0.0381. The molecule has 1 fully saturated rings. The molecule has 0 unspecified atom stereocenters. The Morgan fingerprint density at radius 2 is 1.80 bits per heavy atom. The largest absolute Gasteiger partial charge is 0.339 e. The van der Waals surface area contributed by atoms with Gasteiger partial charge in [-0.05, 0) is 49.2 Å². The molecule has 1 saturated heterocycles. The van der Waals surface area contributed by atoms with Crippen LogP contribution in [0.3, 0.4) is 0 Å². The van der Waals surface area contributed by atoms with Gasteiger partial charge in [-0.1, -0.05) is 17.3 Å². The molecule has 1 aliphatic rings. The van der Waals surface area contributed by atoms with E-state index in [4.69, 9.17) is 4.52 Å². The van der Waals surface area contributed by atoms with E-state index < -0.39 is 0 Å². The summed E-state index contributed by atoms with van der Waals surface area (Å²) in [4.78, 5) is 31.3. The second-order valence-electron chi connectivity index (χ2n) is 7.25. The number of carbonyl (C=O) groups excluding carboxylic acids is 2. The predicted molar refractivity (Wildman–Crippen MR) is 108 cm³/mol. The van der Waals surface area contributed by atoms with Crippen molar-refractivity contribution in [2.24, 2.45) is 5.92 Å². The summed E-state index contributed by atoms with van der Waals surface area (Å²) in [6, 6.07) is 12.8. The number of para-hydroxylation sites is 1. The summed E-state index contributed by atoms with van der Waals surface area (Å²) < 4.78 is 18.1. The molecule has 0 spiro atoms. The lowest BCUT2D eigenvalue weighted by molar-refractivity contribution is -0.121. The van der Waals surface area contributed by atoms with Crippen molar-refractivity contribution < 1.29 is 18.5 Å². The molecule has 0 aliphatic carbocycles. The number of halogens is 1. The van der Waals surface area contributed by atoms with Gasteiger partial charge in [0, 0.05) is 37.1 Å². The molecule has 0 saturated carbocycles. The van der Waals surface area contributed by atoms with Gasteiger partial charge in [0.2, 0.25) is 17.6 Å². The Balaban J connectivity index is 1.38. The molecular formula is C22H21FN4O3. The SMILES string of the molecule is Cc1nc(-c2ccccc2NC(=O)C2CCN(C(=O)c3ccc(F)cc3)CC2)no1. The first-order valence-electron chi connectivity index (χ1n) is 9.76. The van der Waals surface area contributed by atoms with Crippen molar-refractivity contribution >= 4 is 17.5 Å². The number of aryl methyl sites for hydroxylation is 1. The molecule has 154 valence electrons. The molecule has 30 heavy (non-hydrogen) atoms. The normalized spacial score (nSPS) is 14.5. The predicted octanol–water partition coefficient (Wildman–Crippen LogP) is 3.68. The highest BCUT2D eigenvalue weighted by molar-refractivity contribution is 5.97. The van der Waals surface area contributed by atoms with E-state index >= 15 is 0 Å². The fourth-order valence-electron chi connectivity index (χ4n) is 3.55. The molecule has 0 radical (unpaired) electrons. The van der Waals surface area contributed by atoms with Crippen LogP contribution in [0.15, 0.2) is 53.1 Å². The molecule has 8 heteroatoms. The Morgan fingerprint density at radius 1 is 1.10 bits per heavy atom. The quantitative estimate of drug-likeness (QED) is 0.712. The molecule has 2 heterocycles. The van der Waals surface area contributed by atoms with E-state index in [0.717, 1.165) is 0 Å². The van der Waals surface area contributed by atoms with Crippen molar-refractivity contribution in [1.29, 1.82) is 0 Å². The van der Waals surface area contributed by atoms with Gasteiger partial charge in [-0.3, -0.25) is 9.59 Å². The molecule has 4 rings (SSSR count). The molecule has 1 aliphatic heterocycles. The molecule has 0 atom stereocenters. The number of piperidine rings is 1. The zero-order chi connectivity index (χ0) is 21.1. The fourth-order valence-corrected chi connectivity index (χ4v) is 3.55. The average molecular weight is 408 g/mol. The minimum Gasteiger partial charge on any atom is -0.339 e. The Hall–Kier alpha value is -3.55. The Bertz CT molecular complexity index is 1060. The second kappa shape index (κ2) is 8.44. The smallest absolute Gasteiger partial charge is 0.253 e. The van der Waals surface area contributed by atoms with Crippen molar-refractivity contribution in [3.05, 3.63) is 65.8 Å². The summed E-state index contributed by atoms with van der Waals surface area (Å²) in [6.07, 6.45) is 1.12. The maximum atomic E-state index is 13.1. The van der Waals surface area contributed by atoms with E-state index in [1.807, 2.05) is 18.2 Å². The van der Waals surface area contributed by atoms with E-state index in [1.165, 1.54) is 24.3 Å². The van der Waals surface area contributed by atoms with Crippen LogP contribution in [-0.4, -0.2) is 39.9 Å². The van der Waals surface area contributed by atoms with Crippen molar-refractivity contribution in [3.8, 4) is 11.4 Å². The fraction of sp³-hybridized carbons (Fsp3) is 0.273. The first-order chi connectivity index (χ1) is 14.5. The highest BCUT2D eigenvalue weighted by Crippen LogP contribution is 2.27. The van der Waals surface area contributed by atoms with Crippen LogP contribution < -0.4 is 5.32 Å². The highest BCUT2D eigenvalue weighted by Gasteiger charge is 2.28. The topological polar surface area (TPSA) is 88.3 Å². The van der Waals surface area contributed by atoms with E-state index in [1.54, 1.807) is 17.9 Å². The van der Waals surface area contributed by atoms with E-state index in [-0.39, 0.29) is 23.5 Å². The standard InChI is InChI=1S/C22H21FN4O3/c1-14-24-20(26-30-14)18-4-2-3-5-19(18)25-21(28)15-10-12-27(13-11-15)22(29)16-6-8-17(23)9-7-16/h2-9,15H,10-13H2,1H3,(H,25,28). The van der Waals surface area contributed by atoms with Crippen molar-refractivity contribution in [2.75, 3.05) is 18.4 Å². The van der Waals surface area contributed by atoms with Crippen LogP contribution in [0.25, 0.3) is 11.4 Å². The second-order valence-corrected chi connectivity index (χ2v) is 7.25. The van der Waals surface area contributed by atoms with Gasteiger partial charge in [0.15, 0.2) is 0 Å². The van der Waals surface area contributed by atoms with Gasteiger partial charge < -0.3 is 14.7 Å². The number of nitrogens with zero attached hydrogens (tertiary/aromatic N) is 3. The number of rotatable bonds is 4. The van der Waals surface area contributed by atoms with Crippen LogP contribution in [0, 0.1) is 18.7 Å². The van der Waals surface area contributed by atoms with Crippen LogP contribution in [0.1, 0.15) is 29.1 Å². The van der Waals surface area contributed by atoms with Crippen LogP contribution in [0.5, 0.6) is 0 Å². The maximum Gasteiger partial charge on any atom is 0.253 e. The van der Waals surface area contributed by atoms with Gasteiger partial charge in [0.05, 0.1) is 5.69 Å². The van der Waals surface area contributed by atoms with Gasteiger partial charge in [0.1, 0.15) is 5.82 Å². The third kappa shape index (κ3) is 4.22. The minimum absolute atomic E-state index is 0.100. The first-order valence-corrected chi connectivity index (χ1v) is 9.76. The zero-order valence-electron chi connectivity index (χ0n) is 16.5. The number of amides is 2. The van der Waals surface area contributed by atoms with Gasteiger partial charge >= 0.3 is 0 Å². The van der Waals surface area contributed by atoms with Gasteiger partial charge in [-0.25, -0.2) is 4.39 Å². The van der Waals surface area contributed by atoms with Crippen LogP contribution in [-0.2, 0) is 4.79 Å². The highest BCUT2D eigenvalue weighted by atomic mass is 19.1. The summed E-state index contributed by atoms with van der Waals surface area (Å²) in [6.45, 7) is 2.65. The molecular weight excluding hydrogens is 387 g/mol. The summed E-state index contributed by atoms with van der Waals surface area (Å²) >= 11 is 0. The summed E-state index contributed by atoms with van der Waals surface area (Å²) in [7, 11) is 0. The molecule has 7 nitrogen and oxygen atoms in total. The first kappa shape index (κ1) is 19.8. The van der Waals surface area contributed by atoms with Crippen LogP contribution in [0.4, 0.5) is 10.1 Å². The molecule has 2 aromatic carbocycles. The van der Waals surface area contributed by atoms with Gasteiger partial charge in [-0.2, -0.15) is 4.98 Å². The average Bonchev–Trinajstić information content (AvgIpc) is 3.20. The minimum atomic E-state index is -0.377. The number of anilines is 1. The van der Waals surface area contributed by atoms with Crippen molar-refractivity contribution in [2.45, 2.75) is 19.8 Å². The summed E-state index contributed by atoms with van der Waals surface area (Å²) in [5, 5.41) is 6.89. The van der Waals surface area contributed by atoms with Gasteiger partial charge in [-0.15, -0.1) is 0 Å². The molecule has 0 bridgehead atoms. The number of benzene rings is 2. The lowest BCUT2D eigenvalue weighted by atomic mass is 9.95. The number of nitrogens with one attached hydrogen (secondary N) is 1. The van der Waals surface area contributed by atoms with E-state index in [0.29, 0.717) is 54.5 Å². The molecule has 2 amide bonds. The molecule has 1 N–H and O–H groups in total. The third-order valence-corrected chi connectivity index (χ3v) is 5.20. The lowest BCUT2D eigenvalue weighted by Gasteiger charge is -2.31. The Kier molecular flexibility index (Phi) is 5.56. The number of hydrogen-bond donors (Lipinski definition) is 1. The Labute approximate surface area is 172 Å². The zero-order valence-corrected chi connectivity index (χ0v) is 16.5. The monoisotopic (exact) mass is 408 g/mol. The van der Waals surface area contributed by atoms with E-state index in [2.05, 4.69) is 15.5 Å². The summed E-state index contributed by atoms with van der Waals surface area (Å²) in [5.41, 5.74) is 1.75. The molecule has 3 aromatic rings. The number of aromatic nitrogens is 2. The van der Waals surface area contributed by atoms with Crippen molar-refractivity contribution in [3.63, 3.8) is 0 Å². The number of hydrogen-bond acceptors (Lipinski definition) is 5. The Morgan fingerprint density at radius 3 is 2.47 bits per heavy atom. The maximum absolute atomic E-state index is 13.1. The molecule has 1 aromatic heterocycles.